The Kier molecular flexibility index (Phi) is 3.94. The molecule has 2 heterocycles. The fourth-order valence-corrected chi connectivity index (χ4v) is 2.32. The quantitative estimate of drug-likeness (QED) is 0.865. The van der Waals surface area contributed by atoms with E-state index in [0.29, 0.717) is 12.1 Å². The number of nitrogens with one attached hydrogen (secondary N) is 1. The van der Waals surface area contributed by atoms with E-state index >= 15 is 0 Å². The normalized spacial score (nSPS) is 25.0. The number of aromatic nitrogens is 2. The molecule has 0 amide bonds. The molecule has 4 heteroatoms. The molecule has 94 valence electrons. The van der Waals surface area contributed by atoms with E-state index in [9.17, 15) is 0 Å². The van der Waals surface area contributed by atoms with Crippen LogP contribution in [0.5, 0.6) is 0 Å². The van der Waals surface area contributed by atoms with Crippen molar-refractivity contribution >= 4 is 5.95 Å². The van der Waals surface area contributed by atoms with Gasteiger partial charge in [-0.3, -0.25) is 0 Å². The topological polar surface area (TPSA) is 41.1 Å². The van der Waals surface area contributed by atoms with Crippen molar-refractivity contribution in [3.05, 3.63) is 18.0 Å². The van der Waals surface area contributed by atoms with E-state index in [4.69, 9.17) is 0 Å². The van der Waals surface area contributed by atoms with Crippen LogP contribution in [-0.4, -0.2) is 35.1 Å². The summed E-state index contributed by atoms with van der Waals surface area (Å²) in [4.78, 5) is 11.3. The Morgan fingerprint density at radius 2 is 2.24 bits per heavy atom. The molecule has 4 nitrogen and oxygen atoms in total. The first kappa shape index (κ1) is 12.3. The maximum absolute atomic E-state index is 4.55. The molecule has 1 N–H and O–H groups in total. The molecule has 0 aromatic carbocycles. The molecule has 0 radical (unpaired) electrons. The molecule has 1 aromatic heterocycles. The van der Waals surface area contributed by atoms with Crippen molar-refractivity contribution in [2.24, 2.45) is 0 Å². The predicted molar refractivity (Wildman–Crippen MR) is 70.3 cm³/mol. The van der Waals surface area contributed by atoms with E-state index in [1.807, 2.05) is 19.2 Å². The second-order valence-corrected chi connectivity index (χ2v) is 4.73. The van der Waals surface area contributed by atoms with Crippen LogP contribution in [-0.2, 0) is 0 Å². The molecule has 2 atom stereocenters. The molecule has 1 aliphatic heterocycles. The monoisotopic (exact) mass is 234 g/mol. The number of rotatable bonds is 3. The van der Waals surface area contributed by atoms with Gasteiger partial charge in [0, 0.05) is 37.1 Å². The van der Waals surface area contributed by atoms with Crippen LogP contribution in [0.3, 0.4) is 0 Å². The molecule has 1 fully saturated rings. The Labute approximate surface area is 103 Å². The van der Waals surface area contributed by atoms with E-state index in [1.165, 1.54) is 0 Å². The molecule has 0 aliphatic carbocycles. The Hall–Kier alpha value is -1.16. The maximum Gasteiger partial charge on any atom is 0.225 e. The lowest BCUT2D eigenvalue weighted by molar-refractivity contribution is 0.374. The Balaban J connectivity index is 2.20. The summed E-state index contributed by atoms with van der Waals surface area (Å²) in [6.45, 7) is 8.51. The van der Waals surface area contributed by atoms with Crippen LogP contribution in [0.1, 0.15) is 32.4 Å². The minimum absolute atomic E-state index is 0.514. The summed E-state index contributed by atoms with van der Waals surface area (Å²) in [5.74, 6) is 0.886. The minimum Gasteiger partial charge on any atom is -0.335 e. The highest BCUT2D eigenvalue weighted by Crippen LogP contribution is 2.18. The van der Waals surface area contributed by atoms with Crippen LogP contribution < -0.4 is 10.2 Å². The summed E-state index contributed by atoms with van der Waals surface area (Å²) in [7, 11) is 0. The highest BCUT2D eigenvalue weighted by molar-refractivity contribution is 5.33. The van der Waals surface area contributed by atoms with E-state index in [2.05, 4.69) is 34.0 Å². The minimum atomic E-state index is 0.514. The molecule has 0 bridgehead atoms. The molecule has 2 unspecified atom stereocenters. The van der Waals surface area contributed by atoms with Crippen molar-refractivity contribution in [3.8, 4) is 0 Å². The molecule has 0 spiro atoms. The lowest BCUT2D eigenvalue weighted by Crippen LogP contribution is -2.56. The van der Waals surface area contributed by atoms with Crippen molar-refractivity contribution in [2.75, 3.05) is 18.0 Å². The molecular weight excluding hydrogens is 212 g/mol. The summed E-state index contributed by atoms with van der Waals surface area (Å²) < 4.78 is 0. The highest BCUT2D eigenvalue weighted by atomic mass is 15.3. The van der Waals surface area contributed by atoms with Gasteiger partial charge in [0.25, 0.3) is 0 Å². The third-order valence-corrected chi connectivity index (χ3v) is 3.50. The fourth-order valence-electron chi connectivity index (χ4n) is 2.32. The van der Waals surface area contributed by atoms with E-state index in [-0.39, 0.29) is 0 Å². The maximum atomic E-state index is 4.55. The van der Waals surface area contributed by atoms with Gasteiger partial charge in [-0.2, -0.15) is 0 Å². The van der Waals surface area contributed by atoms with E-state index < -0.39 is 0 Å². The molecule has 1 aliphatic rings. The first-order valence-electron chi connectivity index (χ1n) is 6.54. The van der Waals surface area contributed by atoms with Crippen LogP contribution >= 0.6 is 0 Å². The Bertz CT molecular complexity index is 366. The van der Waals surface area contributed by atoms with Crippen molar-refractivity contribution in [1.82, 2.24) is 15.3 Å². The van der Waals surface area contributed by atoms with Crippen LogP contribution in [0.15, 0.2) is 12.3 Å². The Morgan fingerprint density at radius 3 is 2.88 bits per heavy atom. The van der Waals surface area contributed by atoms with Gasteiger partial charge in [-0.15, -0.1) is 0 Å². The van der Waals surface area contributed by atoms with Crippen LogP contribution in [0.2, 0.25) is 0 Å². The van der Waals surface area contributed by atoms with Gasteiger partial charge in [-0.25, -0.2) is 9.97 Å². The van der Waals surface area contributed by atoms with Crippen molar-refractivity contribution < 1.29 is 0 Å². The molecular formula is C13H22N4. The third kappa shape index (κ3) is 2.75. The van der Waals surface area contributed by atoms with E-state index in [1.54, 1.807) is 0 Å². The van der Waals surface area contributed by atoms with Gasteiger partial charge in [0.1, 0.15) is 0 Å². The van der Waals surface area contributed by atoms with Crippen molar-refractivity contribution in [2.45, 2.75) is 45.7 Å². The second-order valence-electron chi connectivity index (χ2n) is 4.73. The fraction of sp³-hybridized carbons (Fsp3) is 0.692. The zero-order valence-electron chi connectivity index (χ0n) is 11.0. The Morgan fingerprint density at radius 1 is 1.41 bits per heavy atom. The van der Waals surface area contributed by atoms with Crippen LogP contribution in [0.25, 0.3) is 0 Å². The second kappa shape index (κ2) is 5.45. The van der Waals surface area contributed by atoms with Crippen LogP contribution in [0.4, 0.5) is 5.95 Å². The smallest absolute Gasteiger partial charge is 0.225 e. The van der Waals surface area contributed by atoms with Gasteiger partial charge in [0.15, 0.2) is 0 Å². The number of anilines is 1. The summed E-state index contributed by atoms with van der Waals surface area (Å²) in [6, 6.07) is 3.02. The lowest BCUT2D eigenvalue weighted by atomic mass is 10.1. The molecule has 1 aromatic rings. The van der Waals surface area contributed by atoms with Gasteiger partial charge >= 0.3 is 0 Å². The third-order valence-electron chi connectivity index (χ3n) is 3.50. The largest absolute Gasteiger partial charge is 0.335 e. The van der Waals surface area contributed by atoms with Gasteiger partial charge in [0.05, 0.1) is 0 Å². The van der Waals surface area contributed by atoms with Gasteiger partial charge in [-0.05, 0) is 25.8 Å². The van der Waals surface area contributed by atoms with E-state index in [0.717, 1.165) is 37.6 Å². The number of aryl methyl sites for hydroxylation is 1. The molecule has 17 heavy (non-hydrogen) atoms. The highest BCUT2D eigenvalue weighted by Gasteiger charge is 2.27. The average molecular weight is 234 g/mol. The molecule has 0 saturated carbocycles. The number of nitrogens with zero attached hydrogens (tertiary/aromatic N) is 3. The summed E-state index contributed by atoms with van der Waals surface area (Å²) >= 11 is 0. The summed E-state index contributed by atoms with van der Waals surface area (Å²) in [5.41, 5.74) is 1.04. The average Bonchev–Trinajstić information content (AvgIpc) is 2.38. The summed E-state index contributed by atoms with van der Waals surface area (Å²) in [5, 5.41) is 3.59. The number of hydrogen-bond donors (Lipinski definition) is 1. The zero-order chi connectivity index (χ0) is 12.3. The van der Waals surface area contributed by atoms with Gasteiger partial charge in [-0.1, -0.05) is 13.8 Å². The zero-order valence-corrected chi connectivity index (χ0v) is 11.0. The van der Waals surface area contributed by atoms with Crippen LogP contribution in [0, 0.1) is 6.92 Å². The number of piperazine rings is 1. The standard InChI is InChI=1S/C13H22N4/c1-4-11-9-17(12(5-2)8-15-11)13-14-7-6-10(3)16-13/h6-7,11-12,15H,4-5,8-9H2,1-3H3. The number of hydrogen-bond acceptors (Lipinski definition) is 4. The molecule has 1 saturated heterocycles. The predicted octanol–water partition coefficient (Wildman–Crippen LogP) is 1.75. The molecule has 2 rings (SSSR count). The summed E-state index contributed by atoms with van der Waals surface area (Å²) in [6.07, 6.45) is 4.13. The first-order valence-corrected chi connectivity index (χ1v) is 6.54. The van der Waals surface area contributed by atoms with Gasteiger partial charge in [0.2, 0.25) is 5.95 Å². The SMILES string of the molecule is CCC1CN(c2nccc(C)n2)C(CC)CN1. The first-order chi connectivity index (χ1) is 8.24. The lowest BCUT2D eigenvalue weighted by Gasteiger charge is -2.40. The van der Waals surface area contributed by atoms with Gasteiger partial charge < -0.3 is 10.2 Å². The van der Waals surface area contributed by atoms with Crippen molar-refractivity contribution in [1.29, 1.82) is 0 Å². The van der Waals surface area contributed by atoms with Crippen molar-refractivity contribution in [3.63, 3.8) is 0 Å².